The summed E-state index contributed by atoms with van der Waals surface area (Å²) in [4.78, 5) is 0. The van der Waals surface area contributed by atoms with Crippen LogP contribution in [-0.2, 0) is 0 Å². The summed E-state index contributed by atoms with van der Waals surface area (Å²) in [7, 11) is 0. The van der Waals surface area contributed by atoms with Crippen molar-refractivity contribution in [3.05, 3.63) is 41.0 Å². The van der Waals surface area contributed by atoms with Gasteiger partial charge >= 0.3 is 0 Å². The zero-order chi connectivity index (χ0) is 19.5. The van der Waals surface area contributed by atoms with Gasteiger partial charge in [-0.3, -0.25) is 0 Å². The Balaban J connectivity index is 1.45. The Kier molecular flexibility index (Phi) is 4.54. The molecule has 28 heavy (non-hydrogen) atoms. The van der Waals surface area contributed by atoms with Crippen molar-refractivity contribution < 1.29 is 5.11 Å². The molecule has 4 aliphatic carbocycles. The van der Waals surface area contributed by atoms with Gasteiger partial charge in [-0.25, -0.2) is 0 Å². The first-order chi connectivity index (χ1) is 13.4. The highest BCUT2D eigenvalue weighted by Crippen LogP contribution is 2.67. The summed E-state index contributed by atoms with van der Waals surface area (Å²) in [6.45, 7) is 7.19. The zero-order valence-electron chi connectivity index (χ0n) is 18.1. The van der Waals surface area contributed by atoms with Gasteiger partial charge in [0.1, 0.15) is 0 Å². The maximum absolute atomic E-state index is 11.4. The quantitative estimate of drug-likeness (QED) is 0.571. The Labute approximate surface area is 171 Å². The smallest absolute Gasteiger partial charge is 0.0809 e. The molecule has 1 N–H and O–H groups in total. The lowest BCUT2D eigenvalue weighted by Gasteiger charge is -2.60. The van der Waals surface area contributed by atoms with Crippen LogP contribution in [0.1, 0.15) is 82.8 Å². The van der Waals surface area contributed by atoms with Crippen molar-refractivity contribution in [2.75, 3.05) is 0 Å². The Morgan fingerprint density at radius 2 is 1.68 bits per heavy atom. The van der Waals surface area contributed by atoms with E-state index in [0.29, 0.717) is 11.3 Å². The largest absolute Gasteiger partial charge is 0.388 e. The number of fused-ring (bicyclic) bond motifs is 5. The molecular formula is C27H38O. The summed E-state index contributed by atoms with van der Waals surface area (Å²) in [5.41, 5.74) is 4.52. The molecule has 7 atom stereocenters. The van der Waals surface area contributed by atoms with Crippen LogP contribution in [-0.4, -0.2) is 11.2 Å². The molecular weight excluding hydrogens is 340 g/mol. The van der Waals surface area contributed by atoms with Gasteiger partial charge in [0.05, 0.1) is 6.10 Å². The van der Waals surface area contributed by atoms with Crippen LogP contribution in [0, 0.1) is 41.4 Å². The predicted octanol–water partition coefficient (Wildman–Crippen LogP) is 6.78. The lowest BCUT2D eigenvalue weighted by molar-refractivity contribution is -0.119. The summed E-state index contributed by atoms with van der Waals surface area (Å²) in [5.74, 6) is 3.38. The topological polar surface area (TPSA) is 20.2 Å². The van der Waals surface area contributed by atoms with Gasteiger partial charge in [0.25, 0.3) is 0 Å². The van der Waals surface area contributed by atoms with Crippen LogP contribution in [0.3, 0.4) is 0 Å². The van der Waals surface area contributed by atoms with Crippen LogP contribution in [0.4, 0.5) is 0 Å². The minimum Gasteiger partial charge on any atom is -0.388 e. The van der Waals surface area contributed by atoms with Crippen molar-refractivity contribution in [1.29, 1.82) is 0 Å². The number of benzene rings is 1. The summed E-state index contributed by atoms with van der Waals surface area (Å²) < 4.78 is 0. The van der Waals surface area contributed by atoms with Gasteiger partial charge in [0, 0.05) is 5.41 Å². The average molecular weight is 379 g/mol. The molecule has 1 nitrogen and oxygen atoms in total. The fraction of sp³-hybridized carbons (Fsp3) is 0.704. The second-order valence-electron chi connectivity index (χ2n) is 11.2. The summed E-state index contributed by atoms with van der Waals surface area (Å²) >= 11 is 0. The van der Waals surface area contributed by atoms with Crippen molar-refractivity contribution in [3.8, 4) is 0 Å². The van der Waals surface area contributed by atoms with E-state index < -0.39 is 0 Å². The average Bonchev–Trinajstić information content (AvgIpc) is 2.94. The van der Waals surface area contributed by atoms with E-state index in [9.17, 15) is 5.11 Å². The van der Waals surface area contributed by atoms with E-state index in [1.165, 1.54) is 68.1 Å². The molecule has 152 valence electrons. The normalized spacial score (nSPS) is 46.7. The number of aliphatic hydroxyl groups is 1. The Morgan fingerprint density at radius 3 is 2.46 bits per heavy atom. The van der Waals surface area contributed by atoms with Crippen LogP contribution >= 0.6 is 0 Å². The maximum atomic E-state index is 11.4. The van der Waals surface area contributed by atoms with Gasteiger partial charge in [-0.05, 0) is 92.1 Å². The number of aliphatic hydroxyl groups excluding tert-OH is 1. The minimum atomic E-state index is -0.253. The molecule has 4 saturated carbocycles. The zero-order valence-corrected chi connectivity index (χ0v) is 18.1. The SMILES string of the molecule is Cc1ccc(/C=C2\CC3C4CCC5CCCCC5(C)C4CCC3(C)C2O)cc1. The van der Waals surface area contributed by atoms with Gasteiger partial charge in [0.2, 0.25) is 0 Å². The molecule has 0 spiro atoms. The molecule has 0 aromatic heterocycles. The molecule has 4 fully saturated rings. The molecule has 0 amide bonds. The fourth-order valence-electron chi connectivity index (χ4n) is 8.17. The van der Waals surface area contributed by atoms with Crippen molar-refractivity contribution in [2.24, 2.45) is 34.5 Å². The second-order valence-corrected chi connectivity index (χ2v) is 11.2. The number of hydrogen-bond donors (Lipinski definition) is 1. The fourth-order valence-corrected chi connectivity index (χ4v) is 8.17. The maximum Gasteiger partial charge on any atom is 0.0809 e. The molecule has 5 rings (SSSR count). The van der Waals surface area contributed by atoms with E-state index in [-0.39, 0.29) is 11.5 Å². The van der Waals surface area contributed by atoms with Crippen molar-refractivity contribution in [2.45, 2.75) is 84.7 Å². The minimum absolute atomic E-state index is 0.0928. The van der Waals surface area contributed by atoms with Crippen molar-refractivity contribution in [3.63, 3.8) is 0 Å². The van der Waals surface area contributed by atoms with Gasteiger partial charge in [0.15, 0.2) is 0 Å². The van der Waals surface area contributed by atoms with Gasteiger partial charge in [-0.1, -0.05) is 62.6 Å². The number of rotatable bonds is 1. The lowest BCUT2D eigenvalue weighted by Crippen LogP contribution is -2.53. The van der Waals surface area contributed by atoms with Gasteiger partial charge in [-0.2, -0.15) is 0 Å². The first-order valence-electron chi connectivity index (χ1n) is 11.9. The molecule has 0 aliphatic heterocycles. The van der Waals surface area contributed by atoms with E-state index in [4.69, 9.17) is 0 Å². The molecule has 0 bridgehead atoms. The highest BCUT2D eigenvalue weighted by Gasteiger charge is 2.60. The van der Waals surface area contributed by atoms with Gasteiger partial charge in [-0.15, -0.1) is 0 Å². The van der Waals surface area contributed by atoms with Crippen molar-refractivity contribution >= 4 is 6.08 Å². The first kappa shape index (κ1) is 18.9. The molecule has 1 aromatic carbocycles. The molecule has 0 saturated heterocycles. The Hall–Kier alpha value is -1.08. The van der Waals surface area contributed by atoms with E-state index in [1.54, 1.807) is 0 Å². The third-order valence-electron chi connectivity index (χ3n) is 9.88. The molecule has 1 aromatic rings. The van der Waals surface area contributed by atoms with Crippen molar-refractivity contribution in [1.82, 2.24) is 0 Å². The number of hydrogen-bond acceptors (Lipinski definition) is 1. The third kappa shape index (κ3) is 2.76. The monoisotopic (exact) mass is 378 g/mol. The highest BCUT2D eigenvalue weighted by molar-refractivity contribution is 5.56. The van der Waals surface area contributed by atoms with Crippen LogP contribution < -0.4 is 0 Å². The van der Waals surface area contributed by atoms with E-state index in [0.717, 1.165) is 24.2 Å². The predicted molar refractivity (Wildman–Crippen MR) is 117 cm³/mol. The van der Waals surface area contributed by atoms with Gasteiger partial charge < -0.3 is 5.11 Å². The van der Waals surface area contributed by atoms with E-state index in [1.807, 2.05) is 0 Å². The van der Waals surface area contributed by atoms with E-state index in [2.05, 4.69) is 51.1 Å². The van der Waals surface area contributed by atoms with Crippen LogP contribution in [0.15, 0.2) is 29.8 Å². The lowest BCUT2D eigenvalue weighted by atomic mass is 9.45. The molecule has 0 radical (unpaired) electrons. The molecule has 1 heteroatoms. The molecule has 4 aliphatic rings. The summed E-state index contributed by atoms with van der Waals surface area (Å²) in [6.07, 6.45) is 14.4. The van der Waals surface area contributed by atoms with Crippen LogP contribution in [0.2, 0.25) is 0 Å². The molecule has 7 unspecified atom stereocenters. The van der Waals surface area contributed by atoms with Crippen LogP contribution in [0.25, 0.3) is 6.08 Å². The molecule has 0 heterocycles. The number of aryl methyl sites for hydroxylation is 1. The third-order valence-corrected chi connectivity index (χ3v) is 9.88. The standard InChI is InChI=1S/C27H38O/c1-18-7-9-19(10-8-18)16-20-17-24-22-12-11-21-6-4-5-14-26(21,2)23(22)13-15-27(24,3)25(20)28/h7-10,16,21-25,28H,4-6,11-15,17H2,1-3H3/b20-16+. The summed E-state index contributed by atoms with van der Waals surface area (Å²) in [6, 6.07) is 8.78. The summed E-state index contributed by atoms with van der Waals surface area (Å²) in [5, 5.41) is 11.4. The Morgan fingerprint density at radius 1 is 0.893 bits per heavy atom. The highest BCUT2D eigenvalue weighted by atomic mass is 16.3. The second kappa shape index (κ2) is 6.73. The Bertz CT molecular complexity index is 761. The first-order valence-corrected chi connectivity index (χ1v) is 11.9. The van der Waals surface area contributed by atoms with E-state index >= 15 is 0 Å². The van der Waals surface area contributed by atoms with Crippen LogP contribution in [0.5, 0.6) is 0 Å².